The molecule has 0 spiro atoms. The molecule has 4 heteroatoms. The van der Waals surface area contributed by atoms with E-state index in [0.29, 0.717) is 0 Å². The van der Waals surface area contributed by atoms with E-state index < -0.39 is 11.5 Å². The van der Waals surface area contributed by atoms with Crippen LogP contribution < -0.4 is 5.32 Å². The molecule has 1 rings (SSSR count). The second kappa shape index (κ2) is 3.97. The number of hydrogen-bond donors (Lipinski definition) is 2. The van der Waals surface area contributed by atoms with Gasteiger partial charge in [0.15, 0.2) is 0 Å². The van der Waals surface area contributed by atoms with Gasteiger partial charge in [-0.3, -0.25) is 4.79 Å². The van der Waals surface area contributed by atoms with E-state index in [-0.39, 0.29) is 11.9 Å². The summed E-state index contributed by atoms with van der Waals surface area (Å²) < 4.78 is 0. The first-order valence-corrected chi connectivity index (χ1v) is 4.87. The van der Waals surface area contributed by atoms with E-state index in [1.165, 1.54) is 0 Å². The monoisotopic (exact) mass is 196 g/mol. The number of amides is 1. The highest BCUT2D eigenvalue weighted by Crippen LogP contribution is 2.21. The van der Waals surface area contributed by atoms with Crippen molar-refractivity contribution in [3.63, 3.8) is 0 Å². The van der Waals surface area contributed by atoms with Crippen LogP contribution in [-0.2, 0) is 4.79 Å². The van der Waals surface area contributed by atoms with Gasteiger partial charge in [-0.1, -0.05) is 0 Å². The maximum atomic E-state index is 11.6. The van der Waals surface area contributed by atoms with Crippen molar-refractivity contribution >= 4 is 5.91 Å². The van der Waals surface area contributed by atoms with Gasteiger partial charge in [0.2, 0.25) is 5.91 Å². The molecule has 1 amide bonds. The molecule has 0 saturated heterocycles. The van der Waals surface area contributed by atoms with Crippen LogP contribution >= 0.6 is 0 Å². The van der Waals surface area contributed by atoms with Crippen LogP contribution in [0.5, 0.6) is 0 Å². The van der Waals surface area contributed by atoms with Crippen molar-refractivity contribution < 1.29 is 9.90 Å². The van der Waals surface area contributed by atoms with E-state index in [9.17, 15) is 9.90 Å². The second-order valence-corrected chi connectivity index (χ2v) is 4.32. The summed E-state index contributed by atoms with van der Waals surface area (Å²) in [7, 11) is 0. The molecule has 1 saturated carbocycles. The molecule has 0 aromatic carbocycles. The smallest absolute Gasteiger partial charge is 0.240 e. The third-order valence-corrected chi connectivity index (χ3v) is 2.64. The molecule has 0 radical (unpaired) electrons. The zero-order valence-corrected chi connectivity index (χ0v) is 8.58. The molecule has 0 aliphatic heterocycles. The molecule has 0 heterocycles. The second-order valence-electron chi connectivity index (χ2n) is 4.32. The van der Waals surface area contributed by atoms with Crippen molar-refractivity contribution in [1.29, 1.82) is 5.26 Å². The number of aliphatic hydroxyl groups is 1. The molecule has 4 nitrogen and oxygen atoms in total. The lowest BCUT2D eigenvalue weighted by atomic mass is 9.94. The number of aliphatic hydroxyl groups excluding tert-OH is 1. The van der Waals surface area contributed by atoms with Crippen molar-refractivity contribution in [2.45, 2.75) is 45.3 Å². The number of carbonyl (C=O) groups excluding carboxylic acids is 1. The van der Waals surface area contributed by atoms with E-state index in [2.05, 4.69) is 5.32 Å². The van der Waals surface area contributed by atoms with Crippen LogP contribution in [0.1, 0.15) is 33.1 Å². The van der Waals surface area contributed by atoms with Crippen molar-refractivity contribution in [1.82, 2.24) is 5.32 Å². The van der Waals surface area contributed by atoms with Crippen molar-refractivity contribution in [2.24, 2.45) is 5.41 Å². The van der Waals surface area contributed by atoms with Gasteiger partial charge < -0.3 is 10.4 Å². The Morgan fingerprint density at radius 3 is 2.64 bits per heavy atom. The predicted molar refractivity (Wildman–Crippen MR) is 51.2 cm³/mol. The minimum absolute atomic E-state index is 0.171. The molecule has 2 N–H and O–H groups in total. The number of hydrogen-bond acceptors (Lipinski definition) is 3. The summed E-state index contributed by atoms with van der Waals surface area (Å²) in [5.41, 5.74) is -1.01. The highest BCUT2D eigenvalue weighted by atomic mass is 16.3. The van der Waals surface area contributed by atoms with Gasteiger partial charge in [0.1, 0.15) is 5.41 Å². The van der Waals surface area contributed by atoms with Crippen LogP contribution in [0.4, 0.5) is 0 Å². The number of nitrogens with zero attached hydrogens (tertiary/aromatic N) is 1. The van der Waals surface area contributed by atoms with Crippen LogP contribution in [0, 0.1) is 16.7 Å². The average Bonchev–Trinajstić information content (AvgIpc) is 2.52. The zero-order chi connectivity index (χ0) is 10.8. The number of rotatable bonds is 2. The maximum Gasteiger partial charge on any atom is 0.240 e. The van der Waals surface area contributed by atoms with Crippen molar-refractivity contribution in [2.75, 3.05) is 0 Å². The van der Waals surface area contributed by atoms with Crippen LogP contribution in [0.3, 0.4) is 0 Å². The molecule has 1 aliphatic rings. The fraction of sp³-hybridized carbons (Fsp3) is 0.800. The summed E-state index contributed by atoms with van der Waals surface area (Å²) in [5, 5.41) is 20.9. The van der Waals surface area contributed by atoms with Crippen LogP contribution in [0.25, 0.3) is 0 Å². The Morgan fingerprint density at radius 1 is 1.57 bits per heavy atom. The molecule has 1 aliphatic carbocycles. The van der Waals surface area contributed by atoms with Gasteiger partial charge in [0, 0.05) is 0 Å². The van der Waals surface area contributed by atoms with E-state index in [0.717, 1.165) is 19.3 Å². The minimum Gasteiger partial charge on any atom is -0.391 e. The predicted octanol–water partition coefficient (Wildman–Crippen LogP) is 0.566. The molecule has 1 fully saturated rings. The number of carbonyl (C=O) groups is 1. The van der Waals surface area contributed by atoms with E-state index in [1.807, 2.05) is 6.07 Å². The molecule has 0 aromatic rings. The maximum absolute atomic E-state index is 11.6. The van der Waals surface area contributed by atoms with E-state index >= 15 is 0 Å². The third kappa shape index (κ3) is 2.24. The first-order chi connectivity index (χ1) is 6.47. The van der Waals surface area contributed by atoms with Crippen LogP contribution in [0.15, 0.2) is 0 Å². The summed E-state index contributed by atoms with van der Waals surface area (Å²) in [6.07, 6.45) is 2.01. The van der Waals surface area contributed by atoms with Crippen LogP contribution in [0.2, 0.25) is 0 Å². The largest absolute Gasteiger partial charge is 0.391 e. The standard InChI is InChI=1S/C10H16N2O2/c1-10(2,6-11)9(14)12-7-4-3-5-8(7)13/h7-8,13H,3-5H2,1-2H3,(H,12,14). The Kier molecular flexibility index (Phi) is 3.12. The summed E-state index contributed by atoms with van der Waals surface area (Å²) in [4.78, 5) is 11.6. The highest BCUT2D eigenvalue weighted by molar-refractivity contribution is 5.84. The van der Waals surface area contributed by atoms with Crippen LogP contribution in [-0.4, -0.2) is 23.2 Å². The SMILES string of the molecule is CC(C)(C#N)C(=O)NC1CCCC1O. The molecule has 2 atom stereocenters. The molecule has 78 valence electrons. The van der Waals surface area contributed by atoms with Gasteiger partial charge >= 0.3 is 0 Å². The molecule has 2 unspecified atom stereocenters. The fourth-order valence-corrected chi connectivity index (χ4v) is 1.51. The quantitative estimate of drug-likeness (QED) is 0.678. The van der Waals surface area contributed by atoms with E-state index in [4.69, 9.17) is 5.26 Å². The van der Waals surface area contributed by atoms with Gasteiger partial charge in [-0.15, -0.1) is 0 Å². The highest BCUT2D eigenvalue weighted by Gasteiger charge is 2.33. The molecular weight excluding hydrogens is 180 g/mol. The lowest BCUT2D eigenvalue weighted by Gasteiger charge is -2.21. The van der Waals surface area contributed by atoms with Crippen molar-refractivity contribution in [3.8, 4) is 6.07 Å². The third-order valence-electron chi connectivity index (χ3n) is 2.64. The molecule has 0 aromatic heterocycles. The Balaban J connectivity index is 2.53. The average molecular weight is 196 g/mol. The fourth-order valence-electron chi connectivity index (χ4n) is 1.51. The van der Waals surface area contributed by atoms with Gasteiger partial charge in [0.05, 0.1) is 18.2 Å². The van der Waals surface area contributed by atoms with Gasteiger partial charge in [0.25, 0.3) is 0 Å². The molecular formula is C10H16N2O2. The normalized spacial score (nSPS) is 27.0. The lowest BCUT2D eigenvalue weighted by molar-refractivity contribution is -0.128. The Bertz CT molecular complexity index is 268. The lowest BCUT2D eigenvalue weighted by Crippen LogP contribution is -2.45. The first kappa shape index (κ1) is 11.0. The van der Waals surface area contributed by atoms with Crippen molar-refractivity contribution in [3.05, 3.63) is 0 Å². The van der Waals surface area contributed by atoms with Gasteiger partial charge in [-0.05, 0) is 33.1 Å². The summed E-state index contributed by atoms with van der Waals surface area (Å²) in [5.74, 6) is -0.300. The summed E-state index contributed by atoms with van der Waals surface area (Å²) >= 11 is 0. The Morgan fingerprint density at radius 2 is 2.21 bits per heavy atom. The number of nitriles is 1. The van der Waals surface area contributed by atoms with Gasteiger partial charge in [-0.2, -0.15) is 5.26 Å². The van der Waals surface area contributed by atoms with Gasteiger partial charge in [-0.25, -0.2) is 0 Å². The molecule has 14 heavy (non-hydrogen) atoms. The topological polar surface area (TPSA) is 73.1 Å². The summed E-state index contributed by atoms with van der Waals surface area (Å²) in [6.45, 7) is 3.15. The van der Waals surface area contributed by atoms with E-state index in [1.54, 1.807) is 13.8 Å². The first-order valence-electron chi connectivity index (χ1n) is 4.87. The minimum atomic E-state index is -1.01. The zero-order valence-electron chi connectivity index (χ0n) is 8.58. The Labute approximate surface area is 83.9 Å². The summed E-state index contributed by atoms with van der Waals surface area (Å²) in [6, 6.07) is 1.77. The molecule has 0 bridgehead atoms. The number of nitrogens with one attached hydrogen (secondary N) is 1. The Hall–Kier alpha value is -1.08.